The molecule has 0 saturated carbocycles. The lowest BCUT2D eigenvalue weighted by Gasteiger charge is -2.34. The first-order chi connectivity index (χ1) is 15.4. The maximum atomic E-state index is 12.8. The normalized spacial score (nSPS) is 16.7. The van der Waals surface area contributed by atoms with Gasteiger partial charge in [-0.1, -0.05) is 48.5 Å². The SMILES string of the molecule is CN1CCN(C(=O)C(CC(=O)O)NC(=O)OCC2c3ccccc3-c3ccccc32)CC1. The number of likely N-dealkylation sites (N-methyl/N-ethyl adjacent to an activating group) is 1. The molecule has 0 aromatic heterocycles. The van der Waals surface area contributed by atoms with Crippen molar-refractivity contribution >= 4 is 18.0 Å². The number of nitrogens with zero attached hydrogens (tertiary/aromatic N) is 2. The Hall–Kier alpha value is -3.39. The summed E-state index contributed by atoms with van der Waals surface area (Å²) < 4.78 is 5.48. The standard InChI is InChI=1S/C24H27N3O5/c1-26-10-12-27(13-11-26)23(30)21(14-22(28)29)25-24(31)32-15-20-18-8-4-2-6-16(18)17-7-3-5-9-19(17)20/h2-9,20-21H,10-15H2,1H3,(H,25,31)(H,28,29). The molecule has 8 heteroatoms. The molecule has 1 aliphatic heterocycles. The Morgan fingerprint density at radius 2 is 1.56 bits per heavy atom. The molecule has 2 aromatic carbocycles. The predicted octanol–water partition coefficient (Wildman–Crippen LogP) is 2.14. The van der Waals surface area contributed by atoms with E-state index >= 15 is 0 Å². The van der Waals surface area contributed by atoms with E-state index in [1.54, 1.807) is 4.90 Å². The Morgan fingerprint density at radius 1 is 1.00 bits per heavy atom. The maximum Gasteiger partial charge on any atom is 0.407 e. The van der Waals surface area contributed by atoms with Crippen molar-refractivity contribution in [3.63, 3.8) is 0 Å². The number of ether oxygens (including phenoxy) is 1. The van der Waals surface area contributed by atoms with Crippen LogP contribution in [0.3, 0.4) is 0 Å². The molecule has 1 fully saturated rings. The van der Waals surface area contributed by atoms with E-state index in [-0.39, 0.29) is 12.5 Å². The largest absolute Gasteiger partial charge is 0.481 e. The molecule has 0 radical (unpaired) electrons. The first-order valence-corrected chi connectivity index (χ1v) is 10.7. The van der Waals surface area contributed by atoms with Gasteiger partial charge in [0.2, 0.25) is 5.91 Å². The van der Waals surface area contributed by atoms with Gasteiger partial charge in [0.1, 0.15) is 12.6 Å². The fourth-order valence-electron chi connectivity index (χ4n) is 4.40. The molecule has 8 nitrogen and oxygen atoms in total. The Bertz CT molecular complexity index is 971. The summed E-state index contributed by atoms with van der Waals surface area (Å²) in [6.45, 7) is 2.50. The molecule has 1 unspecified atom stereocenters. The van der Waals surface area contributed by atoms with Crippen molar-refractivity contribution in [3.8, 4) is 11.1 Å². The lowest BCUT2D eigenvalue weighted by Crippen LogP contribution is -2.54. The van der Waals surface area contributed by atoms with Gasteiger partial charge in [0.05, 0.1) is 6.42 Å². The molecule has 2 N–H and O–H groups in total. The summed E-state index contributed by atoms with van der Waals surface area (Å²) in [6, 6.07) is 14.8. The van der Waals surface area contributed by atoms with E-state index in [4.69, 9.17) is 4.74 Å². The molecule has 2 amide bonds. The van der Waals surface area contributed by atoms with Gasteiger partial charge in [0.25, 0.3) is 0 Å². The van der Waals surface area contributed by atoms with Crippen LogP contribution in [0, 0.1) is 0 Å². The molecule has 32 heavy (non-hydrogen) atoms. The zero-order chi connectivity index (χ0) is 22.7. The molecule has 2 aliphatic rings. The molecule has 168 valence electrons. The molecule has 1 heterocycles. The van der Waals surface area contributed by atoms with Crippen molar-refractivity contribution in [1.29, 1.82) is 0 Å². The van der Waals surface area contributed by atoms with Crippen LogP contribution >= 0.6 is 0 Å². The summed E-state index contributed by atoms with van der Waals surface area (Å²) in [4.78, 5) is 40.4. The van der Waals surface area contributed by atoms with Crippen molar-refractivity contribution in [2.45, 2.75) is 18.4 Å². The molecule has 1 atom stereocenters. The van der Waals surface area contributed by atoms with E-state index in [0.29, 0.717) is 26.2 Å². The summed E-state index contributed by atoms with van der Waals surface area (Å²) in [5, 5.41) is 11.7. The lowest BCUT2D eigenvalue weighted by atomic mass is 9.98. The highest BCUT2D eigenvalue weighted by Crippen LogP contribution is 2.44. The van der Waals surface area contributed by atoms with Gasteiger partial charge in [-0.05, 0) is 29.3 Å². The van der Waals surface area contributed by atoms with E-state index in [0.717, 1.165) is 22.3 Å². The molecule has 0 bridgehead atoms. The number of hydrogen-bond acceptors (Lipinski definition) is 5. The summed E-state index contributed by atoms with van der Waals surface area (Å²) >= 11 is 0. The number of rotatable bonds is 6. The number of alkyl carbamates (subject to hydrolysis) is 1. The van der Waals surface area contributed by atoms with Crippen molar-refractivity contribution in [3.05, 3.63) is 59.7 Å². The third-order valence-electron chi connectivity index (χ3n) is 6.13. The van der Waals surface area contributed by atoms with Gasteiger partial charge in [0.15, 0.2) is 0 Å². The first kappa shape index (κ1) is 21.8. The zero-order valence-corrected chi connectivity index (χ0v) is 18.0. The van der Waals surface area contributed by atoms with E-state index in [1.807, 2.05) is 55.6 Å². The van der Waals surface area contributed by atoms with Crippen molar-refractivity contribution in [2.24, 2.45) is 0 Å². The topological polar surface area (TPSA) is 99.2 Å². The van der Waals surface area contributed by atoms with Gasteiger partial charge in [0, 0.05) is 32.1 Å². The Balaban J connectivity index is 1.42. The molecule has 0 spiro atoms. The van der Waals surface area contributed by atoms with Crippen LogP contribution in [0.5, 0.6) is 0 Å². The molecule has 1 aliphatic carbocycles. The first-order valence-electron chi connectivity index (χ1n) is 10.7. The summed E-state index contributed by atoms with van der Waals surface area (Å²) in [5.41, 5.74) is 4.39. The maximum absolute atomic E-state index is 12.8. The van der Waals surface area contributed by atoms with Crippen LogP contribution in [0.25, 0.3) is 11.1 Å². The molecule has 1 saturated heterocycles. The van der Waals surface area contributed by atoms with Crippen LogP contribution in [0.1, 0.15) is 23.5 Å². The monoisotopic (exact) mass is 437 g/mol. The number of fused-ring (bicyclic) bond motifs is 3. The van der Waals surface area contributed by atoms with Gasteiger partial charge in [-0.15, -0.1) is 0 Å². The summed E-state index contributed by atoms with van der Waals surface area (Å²) in [6.07, 6.45) is -1.28. The van der Waals surface area contributed by atoms with E-state index in [2.05, 4.69) is 10.2 Å². The number of carbonyl (C=O) groups excluding carboxylic acids is 2. The highest BCUT2D eigenvalue weighted by molar-refractivity contribution is 5.89. The Morgan fingerprint density at radius 3 is 2.12 bits per heavy atom. The molecule has 2 aromatic rings. The molecular formula is C24H27N3O5. The quantitative estimate of drug-likeness (QED) is 0.719. The van der Waals surface area contributed by atoms with Gasteiger partial charge in [-0.2, -0.15) is 0 Å². The third kappa shape index (κ3) is 4.60. The second-order valence-electron chi connectivity index (χ2n) is 8.25. The second kappa shape index (κ2) is 9.40. The van der Waals surface area contributed by atoms with E-state index in [1.165, 1.54) is 0 Å². The predicted molar refractivity (Wildman–Crippen MR) is 118 cm³/mol. The minimum Gasteiger partial charge on any atom is -0.481 e. The van der Waals surface area contributed by atoms with Gasteiger partial charge in [-0.25, -0.2) is 4.79 Å². The minimum atomic E-state index is -1.16. The third-order valence-corrected chi connectivity index (χ3v) is 6.13. The van der Waals surface area contributed by atoms with Crippen LogP contribution in [-0.2, 0) is 14.3 Å². The van der Waals surface area contributed by atoms with E-state index < -0.39 is 30.4 Å². The Kier molecular flexibility index (Phi) is 6.41. The molecular weight excluding hydrogens is 410 g/mol. The number of benzene rings is 2. The fourth-order valence-corrected chi connectivity index (χ4v) is 4.40. The second-order valence-corrected chi connectivity index (χ2v) is 8.25. The fraction of sp³-hybridized carbons (Fsp3) is 0.375. The highest BCUT2D eigenvalue weighted by Gasteiger charge is 2.32. The van der Waals surface area contributed by atoms with Crippen molar-refractivity contribution < 1.29 is 24.2 Å². The number of piperazine rings is 1. The average molecular weight is 437 g/mol. The minimum absolute atomic E-state index is 0.0996. The average Bonchev–Trinajstić information content (AvgIpc) is 3.11. The van der Waals surface area contributed by atoms with Crippen LogP contribution < -0.4 is 5.32 Å². The number of nitrogens with one attached hydrogen (secondary N) is 1. The number of carboxylic acids is 1. The Labute approximate surface area is 186 Å². The zero-order valence-electron chi connectivity index (χ0n) is 18.0. The highest BCUT2D eigenvalue weighted by atomic mass is 16.5. The number of carbonyl (C=O) groups is 3. The number of amides is 2. The van der Waals surface area contributed by atoms with Crippen LogP contribution in [0.4, 0.5) is 4.79 Å². The van der Waals surface area contributed by atoms with Gasteiger partial charge in [-0.3, -0.25) is 9.59 Å². The van der Waals surface area contributed by atoms with Crippen molar-refractivity contribution in [2.75, 3.05) is 39.8 Å². The van der Waals surface area contributed by atoms with E-state index in [9.17, 15) is 19.5 Å². The molecule has 4 rings (SSSR count). The summed E-state index contributed by atoms with van der Waals surface area (Å²) in [5.74, 6) is -1.66. The van der Waals surface area contributed by atoms with Crippen LogP contribution in [0.2, 0.25) is 0 Å². The van der Waals surface area contributed by atoms with Crippen LogP contribution in [0.15, 0.2) is 48.5 Å². The smallest absolute Gasteiger partial charge is 0.407 e. The number of aliphatic carboxylic acids is 1. The number of carboxylic acid groups (broad SMARTS) is 1. The lowest BCUT2D eigenvalue weighted by molar-refractivity contribution is -0.143. The van der Waals surface area contributed by atoms with Gasteiger partial charge >= 0.3 is 12.1 Å². The van der Waals surface area contributed by atoms with Gasteiger partial charge < -0.3 is 25.0 Å². The van der Waals surface area contributed by atoms with Crippen molar-refractivity contribution in [1.82, 2.24) is 15.1 Å². The summed E-state index contributed by atoms with van der Waals surface area (Å²) in [7, 11) is 1.96. The number of hydrogen-bond donors (Lipinski definition) is 2. The van der Waals surface area contributed by atoms with Crippen LogP contribution in [-0.4, -0.2) is 78.8 Å².